The summed E-state index contributed by atoms with van der Waals surface area (Å²) in [5.74, 6) is -1.24. The van der Waals surface area contributed by atoms with Gasteiger partial charge in [-0.05, 0) is 72.2 Å². The normalized spacial score (nSPS) is 13.8. The number of carbonyl (C=O) groups is 1. The summed E-state index contributed by atoms with van der Waals surface area (Å²) < 4.78 is 28.3. The molecule has 5 aromatic rings. The second-order valence-electron chi connectivity index (χ2n) is 10.0. The Morgan fingerprint density at radius 3 is 2.49 bits per heavy atom. The summed E-state index contributed by atoms with van der Waals surface area (Å²) in [6.07, 6.45) is 3.27. The number of hydrogen-bond acceptors (Lipinski definition) is 5. The van der Waals surface area contributed by atoms with Gasteiger partial charge in [-0.25, -0.2) is 18.9 Å². The molecule has 1 unspecified atom stereocenters. The van der Waals surface area contributed by atoms with Crippen molar-refractivity contribution in [1.29, 1.82) is 0 Å². The third-order valence-electron chi connectivity index (χ3n) is 7.09. The Labute approximate surface area is 247 Å². The number of benzene rings is 3. The van der Waals surface area contributed by atoms with Crippen LogP contribution < -0.4 is 5.14 Å². The van der Waals surface area contributed by atoms with Crippen molar-refractivity contribution in [2.75, 3.05) is 0 Å². The second kappa shape index (κ2) is 11.3. The third kappa shape index (κ3) is 5.87. The molecule has 1 atom stereocenters. The maximum absolute atomic E-state index is 14.8. The molecule has 1 fully saturated rings. The van der Waals surface area contributed by atoms with Gasteiger partial charge in [0.2, 0.25) is 10.0 Å². The zero-order chi connectivity index (χ0) is 28.7. The Balaban J connectivity index is 1.52. The molecule has 0 spiro atoms. The van der Waals surface area contributed by atoms with Crippen LogP contribution in [0.1, 0.15) is 40.2 Å². The van der Waals surface area contributed by atoms with Gasteiger partial charge in [0.25, 0.3) is 0 Å². The summed E-state index contributed by atoms with van der Waals surface area (Å²) in [5, 5.41) is 22.5. The summed E-state index contributed by atoms with van der Waals surface area (Å²) in [6, 6.07) is 20.1. The van der Waals surface area contributed by atoms with Gasteiger partial charge in [0, 0.05) is 28.0 Å². The summed E-state index contributed by atoms with van der Waals surface area (Å²) >= 11 is 7.47. The fourth-order valence-electron chi connectivity index (χ4n) is 4.88. The minimum Gasteiger partial charge on any atom is -0.476 e. The lowest BCUT2D eigenvalue weighted by Crippen LogP contribution is -2.07. The van der Waals surface area contributed by atoms with Crippen LogP contribution in [-0.2, 0) is 28.0 Å². The zero-order valence-electron chi connectivity index (χ0n) is 21.6. The van der Waals surface area contributed by atoms with Gasteiger partial charge >= 0.3 is 5.97 Å². The maximum Gasteiger partial charge on any atom is 0.355 e. The van der Waals surface area contributed by atoms with E-state index in [2.05, 4.69) is 4.98 Å². The van der Waals surface area contributed by atoms with Crippen molar-refractivity contribution in [2.45, 2.75) is 30.6 Å². The van der Waals surface area contributed by atoms with Crippen molar-refractivity contribution >= 4 is 39.9 Å². The highest BCUT2D eigenvalue weighted by Crippen LogP contribution is 2.39. The fraction of sp³-hybridized carbons (Fsp3) is 0.167. The Morgan fingerprint density at radius 1 is 1.10 bits per heavy atom. The molecule has 6 rings (SSSR count). The topological polar surface area (TPSA) is 111 Å². The molecule has 208 valence electrons. The molecule has 0 amide bonds. The molecule has 1 aliphatic carbocycles. The van der Waals surface area contributed by atoms with Crippen molar-refractivity contribution in [2.24, 2.45) is 11.1 Å². The number of carboxylic acids is 1. The lowest BCUT2D eigenvalue weighted by atomic mass is 9.95. The van der Waals surface area contributed by atoms with E-state index >= 15 is 0 Å². The van der Waals surface area contributed by atoms with E-state index in [4.69, 9.17) is 21.8 Å². The molecule has 3 aromatic carbocycles. The molecule has 0 saturated heterocycles. The molecule has 0 bridgehead atoms. The number of thiol groups is 1. The fourth-order valence-corrected chi connectivity index (χ4v) is 6.34. The summed E-state index contributed by atoms with van der Waals surface area (Å²) in [5.41, 5.74) is 5.91. The monoisotopic (exact) mass is 607 g/mol. The van der Waals surface area contributed by atoms with Crippen LogP contribution in [0, 0.1) is 11.7 Å². The molecule has 2 heterocycles. The Kier molecular flexibility index (Phi) is 7.56. The molecule has 0 aliphatic heterocycles. The van der Waals surface area contributed by atoms with E-state index in [1.165, 1.54) is 28.8 Å². The van der Waals surface area contributed by atoms with E-state index in [0.29, 0.717) is 33.8 Å². The van der Waals surface area contributed by atoms with Crippen molar-refractivity contribution in [3.05, 3.63) is 105 Å². The molecule has 7 nitrogen and oxygen atoms in total. The predicted molar refractivity (Wildman–Crippen MR) is 160 cm³/mol. The average Bonchev–Trinajstić information content (AvgIpc) is 3.50. The first-order valence-corrected chi connectivity index (χ1v) is 15.5. The number of carboxylic acid groups (broad SMARTS) is 1. The average molecular weight is 608 g/mol. The highest BCUT2D eigenvalue weighted by Gasteiger charge is 2.29. The Hall–Kier alpha value is -3.70. The molecule has 2 aromatic heterocycles. The molecule has 3 N–H and O–H groups in total. The smallest absolute Gasteiger partial charge is 0.355 e. The molecule has 1 aliphatic rings. The van der Waals surface area contributed by atoms with Crippen molar-refractivity contribution in [3.63, 3.8) is 0 Å². The number of thiazole rings is 1. The first-order chi connectivity index (χ1) is 19.8. The number of halogens is 2. The molecule has 1 saturated carbocycles. The van der Waals surface area contributed by atoms with Gasteiger partial charge in [-0.2, -0.15) is 5.10 Å². The van der Waals surface area contributed by atoms with Crippen molar-refractivity contribution in [3.8, 4) is 27.5 Å². The molecule has 11 heteroatoms. The van der Waals surface area contributed by atoms with Crippen LogP contribution in [0.3, 0.4) is 0 Å². The lowest BCUT2D eigenvalue weighted by Gasteiger charge is -2.10. The number of rotatable bonds is 9. The van der Waals surface area contributed by atoms with Crippen molar-refractivity contribution in [1.82, 2.24) is 14.8 Å². The van der Waals surface area contributed by atoms with Crippen LogP contribution in [0.25, 0.3) is 27.5 Å². The number of hydrogen-bond donors (Lipinski definition) is 2. The standard InChI is InChI=1S/C30H24ClFN4O3S2/c31-22-6-2-4-20(15-22)19-3-1-5-21(14-19)28-23(11-18-9-10-27(41(33)39)24(32)12-18)26(13-17-7-8-17)36(35-28)30-34-25(16-40-30)29(37)38/h1-6,9-10,12,14-17H,7-8,11,13H2,(H2,33,39)(H,37,38)/p+1. The van der Waals surface area contributed by atoms with Gasteiger partial charge in [0.05, 0.1) is 11.4 Å². The van der Waals surface area contributed by atoms with E-state index in [1.54, 1.807) is 10.7 Å². The number of aromatic carboxylic acids is 1. The van der Waals surface area contributed by atoms with E-state index in [-0.39, 0.29) is 10.6 Å². The van der Waals surface area contributed by atoms with Gasteiger partial charge in [0.15, 0.2) is 22.5 Å². The number of nitrogens with two attached hydrogens (primary N) is 1. The number of aromatic nitrogens is 3. The van der Waals surface area contributed by atoms with Crippen molar-refractivity contribution < 1.29 is 18.5 Å². The summed E-state index contributed by atoms with van der Waals surface area (Å²) in [7, 11) is -2.30. The molecular weight excluding hydrogens is 583 g/mol. The van der Waals surface area contributed by atoms with Crippen LogP contribution >= 0.6 is 22.9 Å². The van der Waals surface area contributed by atoms with Crippen LogP contribution in [-0.4, -0.2) is 25.8 Å². The van der Waals surface area contributed by atoms with Gasteiger partial charge in [0.1, 0.15) is 0 Å². The minimum absolute atomic E-state index is 0.0175. The number of nitrogens with zero attached hydrogens (tertiary/aromatic N) is 3. The van der Waals surface area contributed by atoms with E-state index in [0.717, 1.165) is 47.2 Å². The van der Waals surface area contributed by atoms with Crippen LogP contribution in [0.5, 0.6) is 0 Å². The van der Waals surface area contributed by atoms with Crippen LogP contribution in [0.15, 0.2) is 77.0 Å². The lowest BCUT2D eigenvalue weighted by molar-refractivity contribution is 0.0691. The maximum atomic E-state index is 14.8. The van der Waals surface area contributed by atoms with Gasteiger partial charge in [-0.3, -0.25) is 0 Å². The highest BCUT2D eigenvalue weighted by molar-refractivity contribution is 7.82. The molecule has 0 radical (unpaired) electrons. The third-order valence-corrected chi connectivity index (χ3v) is 8.97. The van der Waals surface area contributed by atoms with Crippen LogP contribution in [0.2, 0.25) is 5.02 Å². The zero-order valence-corrected chi connectivity index (χ0v) is 24.1. The minimum atomic E-state index is -2.30. The first kappa shape index (κ1) is 27.5. The molecular formula is C30H25ClFN4O3S2+. The largest absolute Gasteiger partial charge is 0.476 e. The first-order valence-electron chi connectivity index (χ1n) is 12.9. The van der Waals surface area contributed by atoms with Gasteiger partial charge in [-0.1, -0.05) is 52.2 Å². The highest BCUT2D eigenvalue weighted by atomic mass is 35.5. The Bertz CT molecular complexity index is 1820. The van der Waals surface area contributed by atoms with Gasteiger partial charge in [-0.15, -0.1) is 16.5 Å². The summed E-state index contributed by atoms with van der Waals surface area (Å²) in [6.45, 7) is 0. The van der Waals surface area contributed by atoms with Gasteiger partial charge < -0.3 is 5.11 Å². The second-order valence-corrected chi connectivity index (χ2v) is 12.4. The molecule has 41 heavy (non-hydrogen) atoms. The van der Waals surface area contributed by atoms with E-state index in [9.17, 15) is 18.5 Å². The Morgan fingerprint density at radius 2 is 1.83 bits per heavy atom. The quantitative estimate of drug-likeness (QED) is 0.144. The van der Waals surface area contributed by atoms with E-state index in [1.807, 2.05) is 48.5 Å². The van der Waals surface area contributed by atoms with E-state index < -0.39 is 22.8 Å². The van der Waals surface area contributed by atoms with Crippen LogP contribution in [0.4, 0.5) is 4.39 Å². The predicted octanol–water partition coefficient (Wildman–Crippen LogP) is 6.63. The SMILES string of the molecule is N[SH+](=O)c1ccc(Cc2c(-c3cccc(-c4cccc(Cl)c4)c3)nn(-c3nc(C(=O)O)cs3)c2CC2CC2)cc1F. The summed E-state index contributed by atoms with van der Waals surface area (Å²) in [4.78, 5) is 15.9.